The lowest BCUT2D eigenvalue weighted by Crippen LogP contribution is -2.45. The second kappa shape index (κ2) is 3.99. The van der Waals surface area contributed by atoms with Crippen molar-refractivity contribution in [3.05, 3.63) is 0 Å². The van der Waals surface area contributed by atoms with Crippen LogP contribution in [0.1, 0.15) is 34.1 Å². The van der Waals surface area contributed by atoms with Crippen LogP contribution in [0.3, 0.4) is 0 Å². The molecule has 0 saturated heterocycles. The molecule has 0 atom stereocenters. The molecule has 0 spiro atoms. The highest BCUT2D eigenvalue weighted by atomic mass is 14.9. The van der Waals surface area contributed by atoms with Gasteiger partial charge in [-0.15, -0.1) is 0 Å². The minimum atomic E-state index is 0.142. The minimum absolute atomic E-state index is 0.142. The second-order valence-electron chi connectivity index (χ2n) is 3.79. The quantitative estimate of drug-likeness (QED) is 0.570. The van der Waals surface area contributed by atoms with Gasteiger partial charge in [-0.3, -0.25) is 0 Å². The van der Waals surface area contributed by atoms with Gasteiger partial charge >= 0.3 is 7.55 Å². The second-order valence-corrected chi connectivity index (χ2v) is 3.79. The number of nitrogens with two attached hydrogens (primary N) is 1. The third-order valence-electron chi connectivity index (χ3n) is 1.39. The predicted molar refractivity (Wildman–Crippen MR) is 46.6 cm³/mol. The van der Waals surface area contributed by atoms with Gasteiger partial charge in [0.1, 0.15) is 0 Å². The fraction of sp³-hybridized carbons (Fsp3) is 1.00. The molecule has 2 nitrogen and oxygen atoms in total. The Kier molecular flexibility index (Phi) is 3.98. The Labute approximate surface area is 64.9 Å². The molecular weight excluding hydrogens is 123 g/mol. The molecular formula is C7H18BN2. The third-order valence-corrected chi connectivity index (χ3v) is 1.39. The highest BCUT2D eigenvalue weighted by Crippen LogP contribution is 2.14. The summed E-state index contributed by atoms with van der Waals surface area (Å²) in [7, 11) is 1.52. The van der Waals surface area contributed by atoms with E-state index in [1.165, 1.54) is 7.55 Å². The molecule has 0 aromatic carbocycles. The lowest BCUT2D eigenvalue weighted by molar-refractivity contribution is 0.370. The summed E-state index contributed by atoms with van der Waals surface area (Å²) in [5, 5.41) is 3.11. The van der Waals surface area contributed by atoms with Gasteiger partial charge in [0.05, 0.1) is 0 Å². The van der Waals surface area contributed by atoms with E-state index in [0.29, 0.717) is 5.92 Å². The van der Waals surface area contributed by atoms with Crippen molar-refractivity contribution in [1.29, 1.82) is 0 Å². The summed E-state index contributed by atoms with van der Waals surface area (Å²) in [6, 6.07) is 0. The first kappa shape index (κ1) is 9.98. The Morgan fingerprint density at radius 3 is 2.30 bits per heavy atom. The maximum Gasteiger partial charge on any atom is 0.304 e. The van der Waals surface area contributed by atoms with Gasteiger partial charge < -0.3 is 10.9 Å². The van der Waals surface area contributed by atoms with Gasteiger partial charge in [0.25, 0.3) is 0 Å². The summed E-state index contributed by atoms with van der Waals surface area (Å²) < 4.78 is 0. The summed E-state index contributed by atoms with van der Waals surface area (Å²) in [5.74, 6) is 0.711. The zero-order valence-electron chi connectivity index (χ0n) is 7.44. The van der Waals surface area contributed by atoms with E-state index in [0.717, 1.165) is 6.42 Å². The van der Waals surface area contributed by atoms with Crippen LogP contribution in [0.15, 0.2) is 0 Å². The van der Waals surface area contributed by atoms with Crippen molar-refractivity contribution in [3.63, 3.8) is 0 Å². The molecule has 0 aliphatic rings. The smallest absolute Gasteiger partial charge is 0.304 e. The molecule has 0 heterocycles. The number of rotatable bonds is 4. The zero-order chi connectivity index (χ0) is 8.20. The summed E-state index contributed by atoms with van der Waals surface area (Å²) in [6.07, 6.45) is 1.14. The monoisotopic (exact) mass is 141 g/mol. The maximum atomic E-state index is 5.25. The summed E-state index contributed by atoms with van der Waals surface area (Å²) in [5.41, 5.74) is 5.40. The molecule has 0 bridgehead atoms. The Morgan fingerprint density at radius 2 is 2.00 bits per heavy atom. The molecule has 59 valence electrons. The van der Waals surface area contributed by atoms with E-state index in [2.05, 4.69) is 32.9 Å². The molecule has 0 unspecified atom stereocenters. The van der Waals surface area contributed by atoms with Gasteiger partial charge in [0.2, 0.25) is 0 Å². The molecule has 0 aliphatic carbocycles. The van der Waals surface area contributed by atoms with Crippen LogP contribution in [0, 0.1) is 5.92 Å². The topological polar surface area (TPSA) is 38.0 Å². The van der Waals surface area contributed by atoms with Crippen LogP contribution >= 0.6 is 0 Å². The van der Waals surface area contributed by atoms with E-state index in [1.54, 1.807) is 0 Å². The molecule has 1 radical (unpaired) electrons. The molecule has 10 heavy (non-hydrogen) atoms. The van der Waals surface area contributed by atoms with Crippen LogP contribution in [0.5, 0.6) is 0 Å². The van der Waals surface area contributed by atoms with Gasteiger partial charge in [-0.05, 0) is 26.2 Å². The van der Waals surface area contributed by atoms with Gasteiger partial charge in [-0.2, -0.15) is 0 Å². The average Bonchev–Trinajstić information content (AvgIpc) is 1.59. The van der Waals surface area contributed by atoms with Crippen LogP contribution < -0.4 is 10.9 Å². The lowest BCUT2D eigenvalue weighted by atomic mass is 9.90. The van der Waals surface area contributed by atoms with E-state index in [9.17, 15) is 0 Å². The molecule has 0 aliphatic heterocycles. The average molecular weight is 141 g/mol. The van der Waals surface area contributed by atoms with Crippen molar-refractivity contribution >= 4 is 7.55 Å². The lowest BCUT2D eigenvalue weighted by Gasteiger charge is -2.27. The Balaban J connectivity index is 3.63. The summed E-state index contributed by atoms with van der Waals surface area (Å²) in [4.78, 5) is 0. The van der Waals surface area contributed by atoms with Gasteiger partial charge in [-0.1, -0.05) is 13.8 Å². The van der Waals surface area contributed by atoms with Crippen LogP contribution in [0.4, 0.5) is 0 Å². The van der Waals surface area contributed by atoms with Gasteiger partial charge in [0, 0.05) is 5.54 Å². The Morgan fingerprint density at radius 1 is 1.50 bits per heavy atom. The molecule has 0 fully saturated rings. The van der Waals surface area contributed by atoms with E-state index in [-0.39, 0.29) is 5.54 Å². The number of hydrogen-bond acceptors (Lipinski definition) is 2. The molecule has 3 heteroatoms. The first-order chi connectivity index (χ1) is 4.48. The number of hydrogen-bond donors (Lipinski definition) is 2. The molecule has 0 amide bonds. The van der Waals surface area contributed by atoms with Crippen LogP contribution in [0.2, 0.25) is 0 Å². The largest absolute Gasteiger partial charge is 0.360 e. The Bertz CT molecular complexity index is 91.6. The van der Waals surface area contributed by atoms with Crippen molar-refractivity contribution in [3.8, 4) is 0 Å². The van der Waals surface area contributed by atoms with Crippen molar-refractivity contribution in [2.75, 3.05) is 0 Å². The first-order valence-corrected chi connectivity index (χ1v) is 3.79. The highest BCUT2D eigenvalue weighted by Gasteiger charge is 2.16. The standard InChI is InChI=1S/C7H18BN2/c1-6(2)5-7(3,4)10-8-9/h6,10H,5,9H2,1-4H3. The van der Waals surface area contributed by atoms with Crippen LogP contribution in [-0.4, -0.2) is 13.1 Å². The van der Waals surface area contributed by atoms with Crippen LogP contribution in [0.25, 0.3) is 0 Å². The minimum Gasteiger partial charge on any atom is -0.360 e. The maximum absolute atomic E-state index is 5.25. The van der Waals surface area contributed by atoms with Gasteiger partial charge in [-0.25, -0.2) is 0 Å². The van der Waals surface area contributed by atoms with E-state index < -0.39 is 0 Å². The number of nitrogens with one attached hydrogen (secondary N) is 1. The highest BCUT2D eigenvalue weighted by molar-refractivity contribution is 6.27. The van der Waals surface area contributed by atoms with Crippen LogP contribution in [-0.2, 0) is 0 Å². The normalized spacial score (nSPS) is 12.2. The third kappa shape index (κ3) is 4.83. The van der Waals surface area contributed by atoms with E-state index in [1.807, 2.05) is 0 Å². The van der Waals surface area contributed by atoms with Crippen molar-refractivity contribution in [2.24, 2.45) is 11.6 Å². The SMILES string of the molecule is CC(C)CC(C)(C)N[B]N. The van der Waals surface area contributed by atoms with Crippen molar-refractivity contribution < 1.29 is 0 Å². The molecule has 0 aromatic heterocycles. The molecule has 0 rings (SSSR count). The van der Waals surface area contributed by atoms with Crippen molar-refractivity contribution in [2.45, 2.75) is 39.7 Å². The van der Waals surface area contributed by atoms with Crippen molar-refractivity contribution in [1.82, 2.24) is 5.23 Å². The van der Waals surface area contributed by atoms with Gasteiger partial charge in [0.15, 0.2) is 0 Å². The molecule has 3 N–H and O–H groups in total. The fourth-order valence-corrected chi connectivity index (χ4v) is 1.31. The van der Waals surface area contributed by atoms with E-state index in [4.69, 9.17) is 5.64 Å². The fourth-order valence-electron chi connectivity index (χ4n) is 1.31. The molecule has 0 saturated carbocycles. The predicted octanol–water partition coefficient (Wildman–Crippen LogP) is 0.894. The first-order valence-electron chi connectivity index (χ1n) is 3.79. The Hall–Kier alpha value is -0.0151. The molecule has 0 aromatic rings. The van der Waals surface area contributed by atoms with E-state index >= 15 is 0 Å². The summed E-state index contributed by atoms with van der Waals surface area (Å²) in [6.45, 7) is 8.71. The summed E-state index contributed by atoms with van der Waals surface area (Å²) >= 11 is 0. The zero-order valence-corrected chi connectivity index (χ0v) is 7.44.